The minimum absolute atomic E-state index is 0.0213. The van der Waals surface area contributed by atoms with Crippen molar-refractivity contribution in [3.63, 3.8) is 0 Å². The lowest BCUT2D eigenvalue weighted by molar-refractivity contribution is -0.422. The predicted octanol–water partition coefficient (Wildman–Crippen LogP) is 4.35. The van der Waals surface area contributed by atoms with Gasteiger partial charge in [-0.3, -0.25) is 20.2 Å². The topological polar surface area (TPSA) is 108 Å². The fourth-order valence-corrected chi connectivity index (χ4v) is 4.52. The zero-order valence-corrected chi connectivity index (χ0v) is 17.3. The molecule has 0 N–H and O–H groups in total. The van der Waals surface area contributed by atoms with Gasteiger partial charge in [-0.25, -0.2) is 0 Å². The minimum atomic E-state index is -0.993. The van der Waals surface area contributed by atoms with Crippen LogP contribution in [0.5, 0.6) is 11.5 Å². The van der Waals surface area contributed by atoms with Crippen molar-refractivity contribution >= 4 is 23.1 Å². The third-order valence-electron chi connectivity index (χ3n) is 6.15. The van der Waals surface area contributed by atoms with Crippen molar-refractivity contribution in [2.75, 3.05) is 19.1 Å². The maximum Gasteiger partial charge on any atom is 0.357 e. The molecule has 4 rings (SSSR count). The molecule has 0 amide bonds. The highest BCUT2D eigenvalue weighted by atomic mass is 16.6. The van der Waals surface area contributed by atoms with Gasteiger partial charge in [-0.1, -0.05) is 17.7 Å². The average Bonchev–Trinajstić information content (AvgIpc) is 2.84. The molecule has 1 unspecified atom stereocenters. The van der Waals surface area contributed by atoms with E-state index in [-0.39, 0.29) is 17.1 Å². The van der Waals surface area contributed by atoms with Crippen LogP contribution in [0.1, 0.15) is 30.5 Å². The minimum Gasteiger partial charge on any atom is -0.493 e. The van der Waals surface area contributed by atoms with Crippen molar-refractivity contribution in [1.82, 2.24) is 0 Å². The van der Waals surface area contributed by atoms with E-state index >= 15 is 0 Å². The van der Waals surface area contributed by atoms with Gasteiger partial charge < -0.3 is 14.4 Å². The zero-order chi connectivity index (χ0) is 22.0. The Labute approximate surface area is 172 Å². The van der Waals surface area contributed by atoms with Gasteiger partial charge in [-0.15, -0.1) is 0 Å². The Bertz CT molecular complexity index is 1140. The number of anilines is 1. The molecule has 0 aromatic heterocycles. The lowest BCUT2D eigenvalue weighted by atomic mass is 9.76. The van der Waals surface area contributed by atoms with Crippen LogP contribution in [0.3, 0.4) is 0 Å². The van der Waals surface area contributed by atoms with Crippen LogP contribution in [0.2, 0.25) is 0 Å². The van der Waals surface area contributed by atoms with Crippen LogP contribution in [0.25, 0.3) is 6.08 Å². The molecule has 2 aliphatic rings. The summed E-state index contributed by atoms with van der Waals surface area (Å²) in [4.78, 5) is 23.5. The third-order valence-corrected chi connectivity index (χ3v) is 6.15. The summed E-state index contributed by atoms with van der Waals surface area (Å²) in [7, 11) is 3.24. The van der Waals surface area contributed by atoms with Gasteiger partial charge in [0.25, 0.3) is 0 Å². The van der Waals surface area contributed by atoms with Crippen LogP contribution in [0.4, 0.5) is 17.1 Å². The SMILES string of the molecule is COc1cc([N+](=O)[O-])c([N+](=O)[O-])c2c1OC1(C=C2)N(C)c2ccc(C)cc2C1(C)C. The Morgan fingerprint density at radius 3 is 2.43 bits per heavy atom. The highest BCUT2D eigenvalue weighted by Gasteiger charge is 2.58. The molecule has 30 heavy (non-hydrogen) atoms. The summed E-state index contributed by atoms with van der Waals surface area (Å²) in [5.74, 6) is 0.184. The van der Waals surface area contributed by atoms with Crippen molar-refractivity contribution in [1.29, 1.82) is 0 Å². The molecule has 156 valence electrons. The van der Waals surface area contributed by atoms with E-state index in [1.165, 1.54) is 13.2 Å². The molecule has 9 nitrogen and oxygen atoms in total. The van der Waals surface area contributed by atoms with Crippen LogP contribution in [0.15, 0.2) is 30.3 Å². The number of nitro benzene ring substituents is 2. The standard InChI is InChI=1S/C21H21N3O6/c1-12-6-7-15-14(10-12)20(2,3)21(22(15)4)9-8-13-18(24(27)28)16(23(25)26)11-17(29-5)19(13)30-21/h6-11H,1-5H3. The Morgan fingerprint density at radius 2 is 1.83 bits per heavy atom. The number of hydrogen-bond acceptors (Lipinski definition) is 7. The highest BCUT2D eigenvalue weighted by molar-refractivity contribution is 5.82. The molecule has 2 aliphatic heterocycles. The number of likely N-dealkylation sites (N-methyl/N-ethyl adjacent to an activating group) is 1. The number of fused-ring (bicyclic) bond motifs is 2. The van der Waals surface area contributed by atoms with Crippen LogP contribution < -0.4 is 14.4 Å². The summed E-state index contributed by atoms with van der Waals surface area (Å²) >= 11 is 0. The van der Waals surface area contributed by atoms with Crippen molar-refractivity contribution in [3.8, 4) is 11.5 Å². The number of methoxy groups -OCH3 is 1. The molecule has 0 saturated carbocycles. The number of benzene rings is 2. The Kier molecular flexibility index (Phi) is 4.06. The molecule has 1 spiro atoms. The monoisotopic (exact) mass is 411 g/mol. The van der Waals surface area contributed by atoms with Crippen LogP contribution in [0, 0.1) is 27.2 Å². The van der Waals surface area contributed by atoms with E-state index in [4.69, 9.17) is 9.47 Å². The largest absolute Gasteiger partial charge is 0.493 e. The van der Waals surface area contributed by atoms with Crippen LogP contribution in [-0.4, -0.2) is 29.7 Å². The molecule has 2 aromatic rings. The Hall–Kier alpha value is -3.62. The third kappa shape index (κ3) is 2.35. The molecule has 0 fully saturated rings. The van der Waals surface area contributed by atoms with Gasteiger partial charge in [0.2, 0.25) is 5.72 Å². The van der Waals surface area contributed by atoms with E-state index < -0.39 is 32.4 Å². The lowest BCUT2D eigenvalue weighted by Gasteiger charge is -2.45. The summed E-state index contributed by atoms with van der Waals surface area (Å²) in [6.07, 6.45) is 3.27. The normalized spacial score (nSPS) is 20.5. The molecule has 2 aromatic carbocycles. The van der Waals surface area contributed by atoms with Gasteiger partial charge in [0, 0.05) is 12.7 Å². The summed E-state index contributed by atoms with van der Waals surface area (Å²) < 4.78 is 11.8. The van der Waals surface area contributed by atoms with E-state index in [1.807, 2.05) is 44.9 Å². The van der Waals surface area contributed by atoms with Crippen LogP contribution in [-0.2, 0) is 5.41 Å². The quantitative estimate of drug-likeness (QED) is 0.546. The van der Waals surface area contributed by atoms with Gasteiger partial charge in [-0.2, -0.15) is 0 Å². The Morgan fingerprint density at radius 1 is 1.13 bits per heavy atom. The molecular weight excluding hydrogens is 390 g/mol. The number of nitrogens with zero attached hydrogens (tertiary/aromatic N) is 3. The summed E-state index contributed by atoms with van der Waals surface area (Å²) in [6, 6.07) is 7.18. The first-order chi connectivity index (χ1) is 14.0. The van der Waals surface area contributed by atoms with Crippen LogP contribution >= 0.6 is 0 Å². The van der Waals surface area contributed by atoms with Gasteiger partial charge in [0.05, 0.1) is 28.4 Å². The van der Waals surface area contributed by atoms with Crippen molar-refractivity contribution < 1.29 is 19.3 Å². The first-order valence-electron chi connectivity index (χ1n) is 9.32. The van der Waals surface area contributed by atoms with Gasteiger partial charge in [0.1, 0.15) is 5.56 Å². The van der Waals surface area contributed by atoms with E-state index in [0.29, 0.717) is 0 Å². The number of nitro groups is 2. The first-order valence-corrected chi connectivity index (χ1v) is 9.32. The number of aryl methyl sites for hydroxylation is 1. The maximum atomic E-state index is 11.7. The summed E-state index contributed by atoms with van der Waals surface area (Å²) in [5.41, 5.74) is 0.407. The molecule has 9 heteroatoms. The van der Waals surface area contributed by atoms with E-state index in [1.54, 1.807) is 6.08 Å². The molecular formula is C21H21N3O6. The Balaban J connectivity index is 1.97. The second kappa shape index (κ2) is 6.19. The number of ether oxygens (including phenoxy) is 2. The molecule has 0 radical (unpaired) electrons. The zero-order valence-electron chi connectivity index (χ0n) is 17.3. The summed E-state index contributed by atoms with van der Waals surface area (Å²) in [5, 5.41) is 23.1. The second-order valence-electron chi connectivity index (χ2n) is 8.04. The molecule has 0 bridgehead atoms. The second-order valence-corrected chi connectivity index (χ2v) is 8.04. The van der Waals surface area contributed by atoms with Gasteiger partial charge in [0.15, 0.2) is 11.5 Å². The lowest BCUT2D eigenvalue weighted by Crippen LogP contribution is -2.58. The van der Waals surface area contributed by atoms with E-state index in [2.05, 4.69) is 6.07 Å². The molecule has 0 saturated heterocycles. The fraction of sp³-hybridized carbons (Fsp3) is 0.333. The van der Waals surface area contributed by atoms with Crippen molar-refractivity contribution in [2.24, 2.45) is 0 Å². The molecule has 1 atom stereocenters. The summed E-state index contributed by atoms with van der Waals surface area (Å²) in [6.45, 7) is 6.09. The van der Waals surface area contributed by atoms with Crippen molar-refractivity contribution in [2.45, 2.75) is 31.9 Å². The van der Waals surface area contributed by atoms with Gasteiger partial charge >= 0.3 is 11.4 Å². The number of rotatable bonds is 3. The fourth-order valence-electron chi connectivity index (χ4n) is 4.52. The maximum absolute atomic E-state index is 11.7. The molecule has 2 heterocycles. The van der Waals surface area contributed by atoms with E-state index in [9.17, 15) is 20.2 Å². The van der Waals surface area contributed by atoms with Gasteiger partial charge in [-0.05, 0) is 44.6 Å². The highest BCUT2D eigenvalue weighted by Crippen LogP contribution is 2.57. The number of hydrogen-bond donors (Lipinski definition) is 0. The smallest absolute Gasteiger partial charge is 0.357 e. The first kappa shape index (κ1) is 19.7. The predicted molar refractivity (Wildman–Crippen MR) is 111 cm³/mol. The van der Waals surface area contributed by atoms with Crippen molar-refractivity contribution in [3.05, 3.63) is 67.3 Å². The molecule has 0 aliphatic carbocycles. The van der Waals surface area contributed by atoms with E-state index in [0.717, 1.165) is 22.9 Å². The average molecular weight is 411 g/mol.